The van der Waals surface area contributed by atoms with E-state index in [0.717, 1.165) is 25.2 Å². The number of hydrogen-bond acceptors (Lipinski definition) is 4. The Labute approximate surface area is 162 Å². The monoisotopic (exact) mass is 369 g/mol. The highest BCUT2D eigenvalue weighted by molar-refractivity contribution is 5.94. The standard InChI is InChI=1S/C22H31N3O2/c1-4-25(5-2)15-16-27-20-14-10-9-13-19(20)24-22(26)17(3)21(23)18-11-7-6-8-12-18/h6-14,17,21H,4-5,15-16,23H2,1-3H3,(H,24,26). The molecule has 0 spiro atoms. The Morgan fingerprint density at radius 2 is 1.70 bits per heavy atom. The van der Waals surface area contributed by atoms with Gasteiger partial charge < -0.3 is 20.7 Å². The van der Waals surface area contributed by atoms with Crippen LogP contribution in [-0.2, 0) is 4.79 Å². The lowest BCUT2D eigenvalue weighted by atomic mass is 9.94. The van der Waals surface area contributed by atoms with Crippen LogP contribution in [0.15, 0.2) is 54.6 Å². The van der Waals surface area contributed by atoms with Crippen LogP contribution >= 0.6 is 0 Å². The van der Waals surface area contributed by atoms with Crippen LogP contribution in [-0.4, -0.2) is 37.0 Å². The minimum absolute atomic E-state index is 0.119. The molecule has 146 valence electrons. The number of carbonyl (C=O) groups excluding carboxylic acids is 1. The Balaban J connectivity index is 1.99. The number of nitrogens with one attached hydrogen (secondary N) is 1. The first-order valence-electron chi connectivity index (χ1n) is 9.62. The molecule has 0 fully saturated rings. The highest BCUT2D eigenvalue weighted by atomic mass is 16.5. The minimum atomic E-state index is -0.365. The Kier molecular flexibility index (Phi) is 8.30. The van der Waals surface area contributed by atoms with Crippen molar-refractivity contribution in [3.63, 3.8) is 0 Å². The molecule has 2 rings (SSSR count). The number of likely N-dealkylation sites (N-methyl/N-ethyl adjacent to an activating group) is 1. The van der Waals surface area contributed by atoms with Gasteiger partial charge in [-0.2, -0.15) is 0 Å². The lowest BCUT2D eigenvalue weighted by Crippen LogP contribution is -2.31. The topological polar surface area (TPSA) is 67.6 Å². The normalized spacial score (nSPS) is 13.2. The second-order valence-electron chi connectivity index (χ2n) is 6.59. The summed E-state index contributed by atoms with van der Waals surface area (Å²) in [7, 11) is 0. The van der Waals surface area contributed by atoms with Crippen LogP contribution in [0.5, 0.6) is 5.75 Å². The van der Waals surface area contributed by atoms with Crippen LogP contribution in [0.4, 0.5) is 5.69 Å². The van der Waals surface area contributed by atoms with Crippen LogP contribution in [0.2, 0.25) is 0 Å². The Morgan fingerprint density at radius 3 is 2.37 bits per heavy atom. The summed E-state index contributed by atoms with van der Waals surface area (Å²) in [4.78, 5) is 15.0. The van der Waals surface area contributed by atoms with Gasteiger partial charge in [-0.25, -0.2) is 0 Å². The van der Waals surface area contributed by atoms with E-state index >= 15 is 0 Å². The number of carbonyl (C=O) groups is 1. The predicted molar refractivity (Wildman–Crippen MR) is 111 cm³/mol. The summed E-state index contributed by atoms with van der Waals surface area (Å²) >= 11 is 0. The number of nitrogens with zero attached hydrogens (tertiary/aromatic N) is 1. The summed E-state index contributed by atoms with van der Waals surface area (Å²) in [5.74, 6) is 0.195. The van der Waals surface area contributed by atoms with Gasteiger partial charge in [0, 0.05) is 12.6 Å². The average molecular weight is 370 g/mol. The summed E-state index contributed by atoms with van der Waals surface area (Å²) in [5.41, 5.74) is 7.90. The molecule has 0 saturated carbocycles. The van der Waals surface area contributed by atoms with Crippen molar-refractivity contribution in [2.24, 2.45) is 11.7 Å². The maximum absolute atomic E-state index is 12.7. The minimum Gasteiger partial charge on any atom is -0.490 e. The van der Waals surface area contributed by atoms with Gasteiger partial charge in [0.25, 0.3) is 0 Å². The second kappa shape index (κ2) is 10.7. The number of ether oxygens (including phenoxy) is 1. The molecule has 5 nitrogen and oxygen atoms in total. The molecular formula is C22H31N3O2. The number of hydrogen-bond donors (Lipinski definition) is 2. The van der Waals surface area contributed by atoms with Gasteiger partial charge in [-0.05, 0) is 30.8 Å². The lowest BCUT2D eigenvalue weighted by molar-refractivity contribution is -0.120. The highest BCUT2D eigenvalue weighted by Gasteiger charge is 2.23. The van der Waals surface area contributed by atoms with E-state index in [2.05, 4.69) is 24.1 Å². The molecule has 2 aromatic carbocycles. The van der Waals surface area contributed by atoms with Gasteiger partial charge in [0.2, 0.25) is 5.91 Å². The first-order valence-corrected chi connectivity index (χ1v) is 9.62. The first kappa shape index (κ1) is 20.9. The maximum Gasteiger partial charge on any atom is 0.229 e. The van der Waals surface area contributed by atoms with E-state index in [0.29, 0.717) is 18.0 Å². The largest absolute Gasteiger partial charge is 0.490 e. The third-order valence-corrected chi connectivity index (χ3v) is 4.84. The number of benzene rings is 2. The van der Waals surface area contributed by atoms with E-state index in [1.54, 1.807) is 0 Å². The van der Waals surface area contributed by atoms with Crippen LogP contribution in [0.3, 0.4) is 0 Å². The Hall–Kier alpha value is -2.37. The molecule has 2 unspecified atom stereocenters. The van der Waals surface area contributed by atoms with Crippen molar-refractivity contribution in [3.05, 3.63) is 60.2 Å². The fourth-order valence-electron chi connectivity index (χ4n) is 2.89. The van der Waals surface area contributed by atoms with Gasteiger partial charge >= 0.3 is 0 Å². The van der Waals surface area contributed by atoms with E-state index in [1.807, 2.05) is 61.5 Å². The summed E-state index contributed by atoms with van der Waals surface area (Å²) < 4.78 is 5.91. The van der Waals surface area contributed by atoms with Gasteiger partial charge in [0.05, 0.1) is 11.6 Å². The van der Waals surface area contributed by atoms with Crippen molar-refractivity contribution in [3.8, 4) is 5.75 Å². The fraction of sp³-hybridized carbons (Fsp3) is 0.409. The quantitative estimate of drug-likeness (QED) is 0.670. The van der Waals surface area contributed by atoms with E-state index in [1.165, 1.54) is 0 Å². The van der Waals surface area contributed by atoms with Gasteiger partial charge in [0.15, 0.2) is 0 Å². The van der Waals surface area contributed by atoms with E-state index in [4.69, 9.17) is 10.5 Å². The summed E-state index contributed by atoms with van der Waals surface area (Å²) in [6.45, 7) is 9.53. The number of para-hydroxylation sites is 2. The van der Waals surface area contributed by atoms with Crippen molar-refractivity contribution in [1.82, 2.24) is 4.90 Å². The van der Waals surface area contributed by atoms with Crippen molar-refractivity contribution in [2.45, 2.75) is 26.8 Å². The number of nitrogens with two attached hydrogens (primary N) is 1. The zero-order chi connectivity index (χ0) is 19.6. The molecule has 0 aliphatic carbocycles. The molecule has 2 atom stereocenters. The molecule has 0 bridgehead atoms. The SMILES string of the molecule is CCN(CC)CCOc1ccccc1NC(=O)C(C)C(N)c1ccccc1. The van der Waals surface area contributed by atoms with E-state index in [-0.39, 0.29) is 17.9 Å². The number of anilines is 1. The molecule has 3 N–H and O–H groups in total. The van der Waals surface area contributed by atoms with Crippen LogP contribution in [0, 0.1) is 5.92 Å². The van der Waals surface area contributed by atoms with Crippen LogP contribution in [0.1, 0.15) is 32.4 Å². The summed E-state index contributed by atoms with van der Waals surface area (Å²) in [6.07, 6.45) is 0. The first-order chi connectivity index (χ1) is 13.1. The molecule has 0 aromatic heterocycles. The average Bonchev–Trinajstić information content (AvgIpc) is 2.71. The Bertz CT molecular complexity index is 702. The van der Waals surface area contributed by atoms with E-state index in [9.17, 15) is 4.79 Å². The summed E-state index contributed by atoms with van der Waals surface area (Å²) in [6, 6.07) is 16.8. The molecule has 2 aromatic rings. The molecule has 0 saturated heterocycles. The van der Waals surface area contributed by atoms with Gasteiger partial charge in [-0.3, -0.25) is 4.79 Å². The third-order valence-electron chi connectivity index (χ3n) is 4.84. The molecule has 1 amide bonds. The Morgan fingerprint density at radius 1 is 1.07 bits per heavy atom. The smallest absolute Gasteiger partial charge is 0.229 e. The van der Waals surface area contributed by atoms with Crippen LogP contribution in [0.25, 0.3) is 0 Å². The molecule has 5 heteroatoms. The van der Waals surface area contributed by atoms with Crippen molar-refractivity contribution in [1.29, 1.82) is 0 Å². The van der Waals surface area contributed by atoms with Crippen molar-refractivity contribution < 1.29 is 9.53 Å². The van der Waals surface area contributed by atoms with Crippen molar-refractivity contribution >= 4 is 11.6 Å². The molecular weight excluding hydrogens is 338 g/mol. The zero-order valence-electron chi connectivity index (χ0n) is 16.5. The fourth-order valence-corrected chi connectivity index (χ4v) is 2.89. The molecule has 27 heavy (non-hydrogen) atoms. The molecule has 0 radical (unpaired) electrons. The third kappa shape index (κ3) is 6.08. The molecule has 0 aliphatic rings. The summed E-state index contributed by atoms with van der Waals surface area (Å²) in [5, 5.41) is 2.97. The predicted octanol–water partition coefficient (Wildman–Crippen LogP) is 3.68. The zero-order valence-corrected chi connectivity index (χ0v) is 16.5. The number of amides is 1. The second-order valence-corrected chi connectivity index (χ2v) is 6.59. The van der Waals surface area contributed by atoms with Gasteiger partial charge in [-0.15, -0.1) is 0 Å². The van der Waals surface area contributed by atoms with Gasteiger partial charge in [-0.1, -0.05) is 63.2 Å². The number of rotatable bonds is 10. The maximum atomic E-state index is 12.7. The lowest BCUT2D eigenvalue weighted by Gasteiger charge is -2.21. The van der Waals surface area contributed by atoms with Gasteiger partial charge in [0.1, 0.15) is 12.4 Å². The van der Waals surface area contributed by atoms with Crippen molar-refractivity contribution in [2.75, 3.05) is 31.6 Å². The van der Waals surface area contributed by atoms with E-state index < -0.39 is 0 Å². The molecule has 0 aliphatic heterocycles. The highest BCUT2D eigenvalue weighted by Crippen LogP contribution is 2.26. The molecule has 0 heterocycles. The van der Waals surface area contributed by atoms with Crippen LogP contribution < -0.4 is 15.8 Å².